The average Bonchev–Trinajstić information content (AvgIpc) is 2.37. The summed E-state index contributed by atoms with van der Waals surface area (Å²) in [7, 11) is 0. The van der Waals surface area contributed by atoms with Gasteiger partial charge in [0.1, 0.15) is 0 Å². The monoisotopic (exact) mass is 256 g/mol. The van der Waals surface area contributed by atoms with Gasteiger partial charge in [0, 0.05) is 25.8 Å². The minimum absolute atomic E-state index is 0.00904. The van der Waals surface area contributed by atoms with Gasteiger partial charge in [-0.2, -0.15) is 0 Å². The molecule has 1 aliphatic rings. The second-order valence-corrected chi connectivity index (χ2v) is 5.16. The van der Waals surface area contributed by atoms with Gasteiger partial charge in [0.2, 0.25) is 5.91 Å². The fourth-order valence-electron chi connectivity index (χ4n) is 2.20. The number of unbranched alkanes of at least 4 members (excludes halogenated alkanes) is 1. The molecule has 18 heavy (non-hydrogen) atoms. The summed E-state index contributed by atoms with van der Waals surface area (Å²) in [6, 6.07) is 0.474. The summed E-state index contributed by atoms with van der Waals surface area (Å²) in [5.74, 6) is 0.148. The third kappa shape index (κ3) is 6.36. The zero-order valence-corrected chi connectivity index (χ0v) is 11.8. The highest BCUT2D eigenvalue weighted by Crippen LogP contribution is 2.12. The van der Waals surface area contributed by atoms with Crippen LogP contribution in [0.3, 0.4) is 0 Å². The fourth-order valence-corrected chi connectivity index (χ4v) is 2.20. The van der Waals surface area contributed by atoms with Gasteiger partial charge in [0.25, 0.3) is 0 Å². The van der Waals surface area contributed by atoms with Gasteiger partial charge in [-0.1, -0.05) is 13.3 Å². The lowest BCUT2D eigenvalue weighted by Crippen LogP contribution is -2.50. The lowest BCUT2D eigenvalue weighted by atomic mass is 9.99. The molecule has 1 rings (SSSR count). The fraction of sp³-hybridized carbons (Fsp3) is 0.929. The van der Waals surface area contributed by atoms with Crippen molar-refractivity contribution >= 4 is 5.91 Å². The van der Waals surface area contributed by atoms with Gasteiger partial charge in [-0.15, -0.1) is 0 Å². The summed E-state index contributed by atoms with van der Waals surface area (Å²) in [6.45, 7) is 6.60. The van der Waals surface area contributed by atoms with E-state index in [2.05, 4.69) is 24.5 Å². The maximum absolute atomic E-state index is 11.9. The van der Waals surface area contributed by atoms with Crippen molar-refractivity contribution in [1.82, 2.24) is 10.6 Å². The molecule has 0 aromatic rings. The molecule has 4 heteroatoms. The molecule has 0 bridgehead atoms. The van der Waals surface area contributed by atoms with Crippen molar-refractivity contribution in [1.29, 1.82) is 0 Å². The van der Waals surface area contributed by atoms with Crippen LogP contribution in [0.15, 0.2) is 0 Å². The van der Waals surface area contributed by atoms with Crippen molar-refractivity contribution in [3.8, 4) is 0 Å². The Bertz CT molecular complexity index is 234. The summed E-state index contributed by atoms with van der Waals surface area (Å²) < 4.78 is 5.45. The Kier molecular flexibility index (Phi) is 8.01. The maximum Gasteiger partial charge on any atom is 0.237 e. The minimum Gasteiger partial charge on any atom is -0.381 e. The highest BCUT2D eigenvalue weighted by Gasteiger charge is 2.23. The quantitative estimate of drug-likeness (QED) is 0.652. The number of amides is 1. The Balaban J connectivity index is 1.99. The van der Waals surface area contributed by atoms with E-state index in [9.17, 15) is 4.79 Å². The molecule has 1 fully saturated rings. The Morgan fingerprint density at radius 1 is 1.33 bits per heavy atom. The van der Waals surface area contributed by atoms with Gasteiger partial charge in [0.15, 0.2) is 0 Å². The Labute approximate surface area is 111 Å². The first-order chi connectivity index (χ1) is 8.74. The smallest absolute Gasteiger partial charge is 0.237 e. The highest BCUT2D eigenvalue weighted by molar-refractivity contribution is 5.81. The zero-order valence-electron chi connectivity index (χ0n) is 11.8. The van der Waals surface area contributed by atoms with Gasteiger partial charge < -0.3 is 15.4 Å². The molecular formula is C14H28N2O2. The third-order valence-corrected chi connectivity index (χ3v) is 3.34. The molecule has 2 atom stereocenters. The van der Waals surface area contributed by atoms with E-state index in [-0.39, 0.29) is 11.9 Å². The van der Waals surface area contributed by atoms with Crippen LogP contribution in [-0.4, -0.2) is 37.7 Å². The van der Waals surface area contributed by atoms with E-state index in [1.807, 2.05) is 0 Å². The van der Waals surface area contributed by atoms with Gasteiger partial charge in [-0.05, 0) is 39.0 Å². The molecule has 106 valence electrons. The summed E-state index contributed by atoms with van der Waals surface area (Å²) in [5, 5.41) is 6.32. The lowest BCUT2D eigenvalue weighted by Gasteiger charge is -2.27. The second kappa shape index (κ2) is 9.34. The van der Waals surface area contributed by atoms with Crippen molar-refractivity contribution in [2.45, 2.75) is 64.5 Å². The first-order valence-corrected chi connectivity index (χ1v) is 7.35. The van der Waals surface area contributed by atoms with Crippen LogP contribution in [0.5, 0.6) is 0 Å². The van der Waals surface area contributed by atoms with Crippen molar-refractivity contribution in [2.75, 3.05) is 19.8 Å². The van der Waals surface area contributed by atoms with E-state index >= 15 is 0 Å². The van der Waals surface area contributed by atoms with Crippen LogP contribution >= 0.6 is 0 Å². The van der Waals surface area contributed by atoms with Crippen LogP contribution in [-0.2, 0) is 9.53 Å². The van der Waals surface area contributed by atoms with E-state index in [1.54, 1.807) is 0 Å². The van der Waals surface area contributed by atoms with Gasteiger partial charge in [0.05, 0.1) is 6.04 Å². The van der Waals surface area contributed by atoms with Crippen LogP contribution in [0.1, 0.15) is 52.4 Å². The Hall–Kier alpha value is -0.610. The largest absolute Gasteiger partial charge is 0.381 e. The molecule has 1 saturated heterocycles. The Morgan fingerprint density at radius 2 is 2.11 bits per heavy atom. The molecule has 4 nitrogen and oxygen atoms in total. The third-order valence-electron chi connectivity index (χ3n) is 3.34. The van der Waals surface area contributed by atoms with Crippen molar-refractivity contribution in [2.24, 2.45) is 0 Å². The van der Waals surface area contributed by atoms with Gasteiger partial charge >= 0.3 is 0 Å². The number of nitrogens with one attached hydrogen (secondary N) is 2. The van der Waals surface area contributed by atoms with Crippen LogP contribution in [0.4, 0.5) is 0 Å². The van der Waals surface area contributed by atoms with E-state index in [1.165, 1.54) is 12.8 Å². The predicted octanol–water partition coefficient (Wildman–Crippen LogP) is 1.84. The first-order valence-electron chi connectivity index (χ1n) is 7.35. The van der Waals surface area contributed by atoms with Crippen molar-refractivity contribution in [3.63, 3.8) is 0 Å². The molecule has 0 radical (unpaired) electrons. The molecule has 0 spiro atoms. The zero-order chi connectivity index (χ0) is 13.2. The van der Waals surface area contributed by atoms with Crippen LogP contribution in [0.2, 0.25) is 0 Å². The van der Waals surface area contributed by atoms with Crippen LogP contribution in [0, 0.1) is 0 Å². The topological polar surface area (TPSA) is 50.4 Å². The van der Waals surface area contributed by atoms with Gasteiger partial charge in [-0.25, -0.2) is 0 Å². The molecule has 0 saturated carbocycles. The number of rotatable bonds is 8. The van der Waals surface area contributed by atoms with E-state index in [4.69, 9.17) is 4.74 Å². The minimum atomic E-state index is 0.00904. The van der Waals surface area contributed by atoms with E-state index in [0.717, 1.165) is 45.4 Å². The number of ether oxygens (including phenoxy) is 1. The molecule has 1 amide bonds. The van der Waals surface area contributed by atoms with E-state index in [0.29, 0.717) is 6.04 Å². The molecule has 1 aliphatic heterocycles. The maximum atomic E-state index is 11.9. The van der Waals surface area contributed by atoms with E-state index < -0.39 is 0 Å². The van der Waals surface area contributed by atoms with Crippen LogP contribution in [0.25, 0.3) is 0 Å². The number of hydrogen-bond donors (Lipinski definition) is 2. The number of hydrogen-bond acceptors (Lipinski definition) is 3. The second-order valence-electron chi connectivity index (χ2n) is 5.16. The normalized spacial score (nSPS) is 23.9. The molecule has 0 aliphatic carbocycles. The summed E-state index contributed by atoms with van der Waals surface area (Å²) in [6.07, 6.45) is 6.47. The predicted molar refractivity (Wildman–Crippen MR) is 73.6 cm³/mol. The average molecular weight is 256 g/mol. The molecule has 1 heterocycles. The Morgan fingerprint density at radius 3 is 2.83 bits per heavy atom. The van der Waals surface area contributed by atoms with Crippen molar-refractivity contribution in [3.05, 3.63) is 0 Å². The van der Waals surface area contributed by atoms with Crippen LogP contribution < -0.4 is 10.6 Å². The molecule has 2 unspecified atom stereocenters. The number of piperidine rings is 1. The van der Waals surface area contributed by atoms with Gasteiger partial charge in [-0.3, -0.25) is 4.79 Å². The highest BCUT2D eigenvalue weighted by atomic mass is 16.5. The summed E-state index contributed by atoms with van der Waals surface area (Å²) in [4.78, 5) is 11.9. The molecular weight excluding hydrogens is 228 g/mol. The van der Waals surface area contributed by atoms with Crippen molar-refractivity contribution < 1.29 is 9.53 Å². The summed E-state index contributed by atoms with van der Waals surface area (Å²) in [5.41, 5.74) is 0. The lowest BCUT2D eigenvalue weighted by molar-refractivity contribution is -0.124. The first kappa shape index (κ1) is 15.4. The standard InChI is InChI=1S/C14H28N2O2/c1-3-4-10-18-11-6-9-15-14(17)13-8-5-7-12(2)16-13/h12-13,16H,3-11H2,1-2H3,(H,15,17). The summed E-state index contributed by atoms with van der Waals surface area (Å²) >= 11 is 0. The number of carbonyl (C=O) groups excluding carboxylic acids is 1. The molecule has 0 aromatic carbocycles. The molecule has 0 aromatic heterocycles. The molecule has 2 N–H and O–H groups in total. The SMILES string of the molecule is CCCCOCCCNC(=O)C1CCCC(C)N1. The number of carbonyl (C=O) groups is 1.